The molecule has 2 aliphatic rings. The number of piperidine rings is 1. The number of hydrogen-bond donors (Lipinski definition) is 1. The van der Waals surface area contributed by atoms with Crippen molar-refractivity contribution in [1.82, 2.24) is 24.8 Å². The smallest absolute Gasteiger partial charge is 0.228 e. The van der Waals surface area contributed by atoms with E-state index in [4.69, 9.17) is 14.7 Å². The van der Waals surface area contributed by atoms with Gasteiger partial charge in [-0.1, -0.05) is 30.3 Å². The van der Waals surface area contributed by atoms with Gasteiger partial charge in [-0.05, 0) is 32.5 Å². The van der Waals surface area contributed by atoms with E-state index in [1.807, 2.05) is 18.2 Å². The highest BCUT2D eigenvalue weighted by molar-refractivity contribution is 5.93. The van der Waals surface area contributed by atoms with E-state index in [0.717, 1.165) is 67.6 Å². The second-order valence-corrected chi connectivity index (χ2v) is 8.89. The van der Waals surface area contributed by atoms with Crippen LogP contribution >= 0.6 is 0 Å². The van der Waals surface area contributed by atoms with Crippen LogP contribution in [0.2, 0.25) is 0 Å². The molecule has 5 rings (SSSR count). The second kappa shape index (κ2) is 9.84. The molecule has 1 aromatic carbocycles. The molecule has 33 heavy (non-hydrogen) atoms. The number of benzene rings is 1. The Bertz CT molecular complexity index is 1060. The number of aromatic nitrogens is 4. The van der Waals surface area contributed by atoms with Gasteiger partial charge in [-0.15, -0.1) is 0 Å². The first-order valence-corrected chi connectivity index (χ1v) is 11.7. The molecule has 3 aromatic rings. The van der Waals surface area contributed by atoms with Crippen LogP contribution in [0.25, 0.3) is 11.0 Å². The highest BCUT2D eigenvalue weighted by atomic mass is 16.5. The standard InChI is InChI=1S/C24H32N8O/c1-30(2)19-8-10-32(11-9-19)24-28-20-21(23(29-24)31-12-14-33-15-13-31)26-17-27-22(20)25-16-18-6-4-3-5-7-18/h3-7,17,19H,8-16H2,1-2H3,(H,25,26,27). The van der Waals surface area contributed by atoms with E-state index in [-0.39, 0.29) is 0 Å². The first-order chi connectivity index (χ1) is 16.2. The van der Waals surface area contributed by atoms with Crippen LogP contribution in [0.4, 0.5) is 17.6 Å². The molecule has 0 radical (unpaired) electrons. The SMILES string of the molecule is CN(C)C1CCN(c2nc(N3CCOCC3)c3ncnc(NCc4ccccc4)c3n2)CC1. The third-order valence-electron chi connectivity index (χ3n) is 6.54. The third-order valence-corrected chi connectivity index (χ3v) is 6.54. The number of morpholine rings is 1. The number of ether oxygens (including phenoxy) is 1. The van der Waals surface area contributed by atoms with Crippen LogP contribution in [0, 0.1) is 0 Å². The molecule has 2 fully saturated rings. The Kier molecular flexibility index (Phi) is 6.50. The second-order valence-electron chi connectivity index (χ2n) is 8.89. The predicted octanol–water partition coefficient (Wildman–Crippen LogP) is 2.40. The number of hydrogen-bond acceptors (Lipinski definition) is 9. The Balaban J connectivity index is 1.50. The Hall–Kier alpha value is -3.04. The fourth-order valence-corrected chi connectivity index (χ4v) is 4.55. The van der Waals surface area contributed by atoms with E-state index < -0.39 is 0 Å². The fraction of sp³-hybridized carbons (Fsp3) is 0.500. The molecule has 0 saturated carbocycles. The Morgan fingerprint density at radius 3 is 2.42 bits per heavy atom. The Morgan fingerprint density at radius 2 is 1.70 bits per heavy atom. The molecule has 9 nitrogen and oxygen atoms in total. The van der Waals surface area contributed by atoms with Gasteiger partial charge < -0.3 is 24.8 Å². The highest BCUT2D eigenvalue weighted by Crippen LogP contribution is 2.30. The molecular weight excluding hydrogens is 416 g/mol. The molecule has 0 bridgehead atoms. The lowest BCUT2D eigenvalue weighted by Crippen LogP contribution is -2.43. The van der Waals surface area contributed by atoms with Crippen LogP contribution in [0.3, 0.4) is 0 Å². The Labute approximate surface area is 194 Å². The fourth-order valence-electron chi connectivity index (χ4n) is 4.55. The summed E-state index contributed by atoms with van der Waals surface area (Å²) in [6, 6.07) is 10.9. The van der Waals surface area contributed by atoms with Crippen molar-refractivity contribution < 1.29 is 4.74 Å². The molecule has 2 saturated heterocycles. The van der Waals surface area contributed by atoms with Crippen molar-refractivity contribution in [3.8, 4) is 0 Å². The summed E-state index contributed by atoms with van der Waals surface area (Å²) in [5, 5.41) is 3.48. The van der Waals surface area contributed by atoms with Gasteiger partial charge in [-0.25, -0.2) is 15.0 Å². The number of nitrogens with zero attached hydrogens (tertiary/aromatic N) is 7. The summed E-state index contributed by atoms with van der Waals surface area (Å²) in [4.78, 5) is 26.1. The number of fused-ring (bicyclic) bond motifs is 1. The first kappa shape index (κ1) is 21.8. The van der Waals surface area contributed by atoms with Crippen LogP contribution in [-0.2, 0) is 11.3 Å². The highest BCUT2D eigenvalue weighted by Gasteiger charge is 2.26. The van der Waals surface area contributed by atoms with Crippen molar-refractivity contribution in [2.24, 2.45) is 0 Å². The molecule has 2 aliphatic heterocycles. The maximum atomic E-state index is 5.58. The zero-order valence-electron chi connectivity index (χ0n) is 19.4. The third kappa shape index (κ3) is 4.84. The van der Waals surface area contributed by atoms with Crippen LogP contribution < -0.4 is 15.1 Å². The van der Waals surface area contributed by atoms with Gasteiger partial charge in [0, 0.05) is 38.8 Å². The van der Waals surface area contributed by atoms with Gasteiger partial charge in [0.05, 0.1) is 13.2 Å². The van der Waals surface area contributed by atoms with Gasteiger partial charge >= 0.3 is 0 Å². The molecule has 0 aliphatic carbocycles. The van der Waals surface area contributed by atoms with Crippen molar-refractivity contribution in [2.75, 3.05) is 68.6 Å². The largest absolute Gasteiger partial charge is 0.378 e. The molecule has 174 valence electrons. The molecule has 9 heteroatoms. The summed E-state index contributed by atoms with van der Waals surface area (Å²) >= 11 is 0. The van der Waals surface area contributed by atoms with Crippen molar-refractivity contribution in [1.29, 1.82) is 0 Å². The van der Waals surface area contributed by atoms with Crippen molar-refractivity contribution >= 4 is 28.6 Å². The molecule has 0 atom stereocenters. The maximum Gasteiger partial charge on any atom is 0.228 e. The molecule has 2 aromatic heterocycles. The minimum Gasteiger partial charge on any atom is -0.378 e. The minimum atomic E-state index is 0.604. The summed E-state index contributed by atoms with van der Waals surface area (Å²) in [6.45, 7) is 5.54. The topological polar surface area (TPSA) is 82.5 Å². The minimum absolute atomic E-state index is 0.604. The van der Waals surface area contributed by atoms with E-state index >= 15 is 0 Å². The van der Waals surface area contributed by atoms with Crippen LogP contribution in [0.1, 0.15) is 18.4 Å². The lowest BCUT2D eigenvalue weighted by atomic mass is 10.0. The monoisotopic (exact) mass is 448 g/mol. The predicted molar refractivity (Wildman–Crippen MR) is 131 cm³/mol. The zero-order valence-corrected chi connectivity index (χ0v) is 19.4. The van der Waals surface area contributed by atoms with Gasteiger partial charge in [-0.3, -0.25) is 0 Å². The van der Waals surface area contributed by atoms with Crippen molar-refractivity contribution in [2.45, 2.75) is 25.4 Å². The van der Waals surface area contributed by atoms with E-state index in [2.05, 4.69) is 56.2 Å². The first-order valence-electron chi connectivity index (χ1n) is 11.7. The van der Waals surface area contributed by atoms with E-state index in [9.17, 15) is 0 Å². The average molecular weight is 449 g/mol. The van der Waals surface area contributed by atoms with Gasteiger partial charge in [0.15, 0.2) is 11.6 Å². The quantitative estimate of drug-likeness (QED) is 0.611. The zero-order chi connectivity index (χ0) is 22.6. The van der Waals surface area contributed by atoms with Gasteiger partial charge in [-0.2, -0.15) is 4.98 Å². The van der Waals surface area contributed by atoms with E-state index in [1.165, 1.54) is 5.56 Å². The lowest BCUT2D eigenvalue weighted by Gasteiger charge is -2.36. The summed E-state index contributed by atoms with van der Waals surface area (Å²) in [5.41, 5.74) is 2.75. The van der Waals surface area contributed by atoms with Gasteiger partial charge in [0.2, 0.25) is 5.95 Å². The van der Waals surface area contributed by atoms with Gasteiger partial charge in [0.1, 0.15) is 17.4 Å². The van der Waals surface area contributed by atoms with Crippen molar-refractivity contribution in [3.63, 3.8) is 0 Å². The molecule has 0 unspecified atom stereocenters. The molecule has 0 amide bonds. The normalized spacial score (nSPS) is 17.7. The average Bonchev–Trinajstić information content (AvgIpc) is 2.88. The van der Waals surface area contributed by atoms with Crippen LogP contribution in [-0.4, -0.2) is 84.4 Å². The molecule has 1 N–H and O–H groups in total. The molecule has 0 spiro atoms. The van der Waals surface area contributed by atoms with Crippen LogP contribution in [0.15, 0.2) is 36.7 Å². The van der Waals surface area contributed by atoms with E-state index in [0.29, 0.717) is 25.8 Å². The molecule has 4 heterocycles. The summed E-state index contributed by atoms with van der Waals surface area (Å²) in [7, 11) is 4.32. The summed E-state index contributed by atoms with van der Waals surface area (Å²) in [5.74, 6) is 2.38. The maximum absolute atomic E-state index is 5.58. The summed E-state index contributed by atoms with van der Waals surface area (Å²) < 4.78 is 5.58. The molecular formula is C24H32N8O. The number of nitrogens with one attached hydrogen (secondary N) is 1. The Morgan fingerprint density at radius 1 is 0.939 bits per heavy atom. The summed E-state index contributed by atoms with van der Waals surface area (Å²) in [6.07, 6.45) is 3.81. The van der Waals surface area contributed by atoms with E-state index in [1.54, 1.807) is 6.33 Å². The van der Waals surface area contributed by atoms with Crippen LogP contribution in [0.5, 0.6) is 0 Å². The van der Waals surface area contributed by atoms with Crippen molar-refractivity contribution in [3.05, 3.63) is 42.2 Å². The number of anilines is 3. The van der Waals surface area contributed by atoms with Gasteiger partial charge in [0.25, 0.3) is 0 Å². The number of rotatable bonds is 6. The lowest BCUT2D eigenvalue weighted by molar-refractivity contribution is 0.122.